The Morgan fingerprint density at radius 3 is 2.89 bits per heavy atom. The lowest BCUT2D eigenvalue weighted by molar-refractivity contribution is 0.176. The molecule has 2 N–H and O–H groups in total. The van der Waals surface area contributed by atoms with Gasteiger partial charge in [0.05, 0.1) is 0 Å². The first-order chi connectivity index (χ1) is 8.56. The lowest BCUT2D eigenvalue weighted by Crippen LogP contribution is -2.36. The molecule has 1 atom stereocenters. The first-order valence-corrected chi connectivity index (χ1v) is 6.43. The molecular weight excluding hydrogens is 232 g/mol. The molecule has 1 aliphatic heterocycles. The van der Waals surface area contributed by atoms with Crippen LogP contribution < -0.4 is 5.46 Å². The molecule has 0 radical (unpaired) electrons. The summed E-state index contributed by atoms with van der Waals surface area (Å²) in [5.41, 5.74) is 0.881. The zero-order chi connectivity index (χ0) is 13.1. The van der Waals surface area contributed by atoms with Gasteiger partial charge < -0.3 is 10.0 Å². The predicted molar refractivity (Wildman–Crippen MR) is 69.9 cm³/mol. The molecule has 1 heterocycles. The van der Waals surface area contributed by atoms with E-state index in [-0.39, 0.29) is 5.46 Å². The van der Waals surface area contributed by atoms with Gasteiger partial charge in [0, 0.05) is 18.6 Å². The molecule has 98 valence electrons. The number of halogens is 1. The highest BCUT2D eigenvalue weighted by Gasteiger charge is 2.19. The number of nitrogens with zero attached hydrogens (tertiary/aromatic N) is 1. The Bertz CT molecular complexity index is 414. The third-order valence-electron chi connectivity index (χ3n) is 3.49. The maximum atomic E-state index is 13.3. The molecule has 1 unspecified atom stereocenters. The van der Waals surface area contributed by atoms with Gasteiger partial charge in [0.15, 0.2) is 0 Å². The topological polar surface area (TPSA) is 43.7 Å². The Labute approximate surface area is 107 Å². The van der Waals surface area contributed by atoms with Crippen LogP contribution in [0.4, 0.5) is 4.39 Å². The number of hydrogen-bond acceptors (Lipinski definition) is 3. The van der Waals surface area contributed by atoms with E-state index in [9.17, 15) is 4.39 Å². The first-order valence-electron chi connectivity index (χ1n) is 6.43. The van der Waals surface area contributed by atoms with Gasteiger partial charge in [-0.05, 0) is 36.9 Å². The number of benzene rings is 1. The third-order valence-corrected chi connectivity index (χ3v) is 3.49. The van der Waals surface area contributed by atoms with Crippen LogP contribution in [0.15, 0.2) is 18.2 Å². The molecule has 0 aromatic heterocycles. The van der Waals surface area contributed by atoms with Gasteiger partial charge in [0.2, 0.25) is 0 Å². The van der Waals surface area contributed by atoms with Gasteiger partial charge >= 0.3 is 7.12 Å². The van der Waals surface area contributed by atoms with Crippen LogP contribution in [0.5, 0.6) is 0 Å². The zero-order valence-corrected chi connectivity index (χ0v) is 10.6. The average molecular weight is 251 g/mol. The quantitative estimate of drug-likeness (QED) is 0.778. The molecule has 3 nitrogen and oxygen atoms in total. The summed E-state index contributed by atoms with van der Waals surface area (Å²) in [6, 6.07) is 4.55. The summed E-state index contributed by atoms with van der Waals surface area (Å²) in [6.07, 6.45) is 2.46. The van der Waals surface area contributed by atoms with E-state index < -0.39 is 12.9 Å². The molecule has 2 rings (SSSR count). The highest BCUT2D eigenvalue weighted by molar-refractivity contribution is 6.58. The van der Waals surface area contributed by atoms with Crippen molar-refractivity contribution in [3.63, 3.8) is 0 Å². The van der Waals surface area contributed by atoms with Crippen molar-refractivity contribution in [3.8, 4) is 0 Å². The van der Waals surface area contributed by atoms with E-state index >= 15 is 0 Å². The van der Waals surface area contributed by atoms with Gasteiger partial charge in [-0.1, -0.05) is 19.1 Å². The Hall–Kier alpha value is -0.905. The smallest absolute Gasteiger partial charge is 0.423 e. The van der Waals surface area contributed by atoms with Crippen molar-refractivity contribution in [2.45, 2.75) is 26.3 Å². The van der Waals surface area contributed by atoms with Gasteiger partial charge in [-0.2, -0.15) is 0 Å². The fourth-order valence-corrected chi connectivity index (χ4v) is 2.58. The number of piperidine rings is 1. The Balaban J connectivity index is 2.07. The van der Waals surface area contributed by atoms with Crippen LogP contribution in [0.25, 0.3) is 0 Å². The number of likely N-dealkylation sites (tertiary alicyclic amines) is 1. The van der Waals surface area contributed by atoms with Gasteiger partial charge in [0.1, 0.15) is 5.82 Å². The third kappa shape index (κ3) is 3.31. The van der Waals surface area contributed by atoms with Crippen LogP contribution >= 0.6 is 0 Å². The molecule has 5 heteroatoms. The second-order valence-electron chi connectivity index (χ2n) is 5.21. The fourth-order valence-electron chi connectivity index (χ4n) is 2.58. The maximum Gasteiger partial charge on any atom is 0.491 e. The molecule has 0 amide bonds. The summed E-state index contributed by atoms with van der Waals surface area (Å²) in [5, 5.41) is 18.2. The molecule has 0 saturated carbocycles. The lowest BCUT2D eigenvalue weighted by atomic mass is 9.79. The Kier molecular flexibility index (Phi) is 4.38. The Morgan fingerprint density at radius 2 is 2.22 bits per heavy atom. The van der Waals surface area contributed by atoms with Gasteiger partial charge in [-0.15, -0.1) is 0 Å². The lowest BCUT2D eigenvalue weighted by Gasteiger charge is -2.30. The van der Waals surface area contributed by atoms with Crippen LogP contribution in [0.3, 0.4) is 0 Å². The second kappa shape index (κ2) is 5.82. The molecule has 1 aromatic rings. The van der Waals surface area contributed by atoms with E-state index in [2.05, 4.69) is 11.8 Å². The molecule has 0 spiro atoms. The van der Waals surface area contributed by atoms with Crippen LogP contribution in [0.1, 0.15) is 25.3 Å². The van der Waals surface area contributed by atoms with E-state index in [4.69, 9.17) is 10.0 Å². The van der Waals surface area contributed by atoms with Crippen molar-refractivity contribution >= 4 is 12.6 Å². The van der Waals surface area contributed by atoms with Crippen LogP contribution in [-0.4, -0.2) is 35.2 Å². The summed E-state index contributed by atoms with van der Waals surface area (Å²) < 4.78 is 13.3. The summed E-state index contributed by atoms with van der Waals surface area (Å²) in [4.78, 5) is 2.33. The minimum atomic E-state index is -1.75. The zero-order valence-electron chi connectivity index (χ0n) is 10.6. The monoisotopic (exact) mass is 251 g/mol. The molecule has 0 bridgehead atoms. The predicted octanol–water partition coefficient (Wildman–Crippen LogP) is 0.737. The summed E-state index contributed by atoms with van der Waals surface area (Å²) >= 11 is 0. The van der Waals surface area contributed by atoms with Crippen molar-refractivity contribution < 1.29 is 14.4 Å². The summed E-state index contributed by atoms with van der Waals surface area (Å²) in [7, 11) is -1.75. The fraction of sp³-hybridized carbons (Fsp3) is 0.538. The van der Waals surface area contributed by atoms with Crippen molar-refractivity contribution in [2.24, 2.45) is 5.92 Å². The highest BCUT2D eigenvalue weighted by Crippen LogP contribution is 2.17. The highest BCUT2D eigenvalue weighted by atomic mass is 19.1. The first kappa shape index (κ1) is 13.5. The minimum absolute atomic E-state index is 0.0439. The number of rotatable bonds is 3. The molecular formula is C13H19BFNO2. The molecule has 1 aliphatic rings. The minimum Gasteiger partial charge on any atom is -0.423 e. The molecule has 1 aromatic carbocycles. The second-order valence-corrected chi connectivity index (χ2v) is 5.21. The maximum absolute atomic E-state index is 13.3. The van der Waals surface area contributed by atoms with Crippen molar-refractivity contribution in [1.29, 1.82) is 0 Å². The normalized spacial score (nSPS) is 21.0. The van der Waals surface area contributed by atoms with Crippen molar-refractivity contribution in [3.05, 3.63) is 29.6 Å². The van der Waals surface area contributed by atoms with Crippen molar-refractivity contribution in [1.82, 2.24) is 4.90 Å². The van der Waals surface area contributed by atoms with Crippen LogP contribution in [-0.2, 0) is 6.54 Å². The Morgan fingerprint density at radius 1 is 1.44 bits per heavy atom. The van der Waals surface area contributed by atoms with Crippen LogP contribution in [0.2, 0.25) is 0 Å². The molecule has 18 heavy (non-hydrogen) atoms. The van der Waals surface area contributed by atoms with Gasteiger partial charge in [0.25, 0.3) is 0 Å². The number of hydrogen-bond donors (Lipinski definition) is 2. The van der Waals surface area contributed by atoms with E-state index in [1.54, 1.807) is 12.1 Å². The molecule has 1 saturated heterocycles. The van der Waals surface area contributed by atoms with Crippen molar-refractivity contribution in [2.75, 3.05) is 13.1 Å². The van der Waals surface area contributed by atoms with E-state index in [1.165, 1.54) is 18.9 Å². The largest absolute Gasteiger partial charge is 0.491 e. The summed E-state index contributed by atoms with van der Waals surface area (Å²) in [6.45, 7) is 5.08. The standard InChI is InChI=1S/C13H19BFNO2/c1-10-3-2-6-16(8-10)9-11-4-5-13(15)12(7-11)14(17)18/h4-5,7,10,17-18H,2-3,6,8-9H2,1H3. The van der Waals surface area contributed by atoms with E-state index in [1.807, 2.05) is 0 Å². The average Bonchev–Trinajstić information content (AvgIpc) is 2.31. The van der Waals surface area contributed by atoms with E-state index in [0.29, 0.717) is 5.92 Å². The summed E-state index contributed by atoms with van der Waals surface area (Å²) in [5.74, 6) is 0.128. The molecule has 1 fully saturated rings. The SMILES string of the molecule is CC1CCCN(Cc2ccc(F)c(B(O)O)c2)C1. The van der Waals surface area contributed by atoms with Crippen LogP contribution in [0, 0.1) is 11.7 Å². The van der Waals surface area contributed by atoms with Gasteiger partial charge in [-0.25, -0.2) is 4.39 Å². The molecule has 0 aliphatic carbocycles. The van der Waals surface area contributed by atoms with Gasteiger partial charge in [-0.3, -0.25) is 4.90 Å². The van der Waals surface area contributed by atoms with E-state index in [0.717, 1.165) is 25.2 Å².